The molecule has 11 heteroatoms. The quantitative estimate of drug-likeness (QED) is 0.363. The minimum Gasteiger partial charge on any atom is -0.493 e. The molecule has 0 amide bonds. The summed E-state index contributed by atoms with van der Waals surface area (Å²) in [6, 6.07) is 15.1. The first-order valence-electron chi connectivity index (χ1n) is 13.4. The lowest BCUT2D eigenvalue weighted by Gasteiger charge is -2.47. The first-order valence-corrected chi connectivity index (χ1v) is 13.4. The van der Waals surface area contributed by atoms with Crippen molar-refractivity contribution in [2.24, 2.45) is 0 Å². The molecule has 4 heterocycles. The first kappa shape index (κ1) is 26.6. The number of fused-ring (bicyclic) bond motifs is 7. The predicted molar refractivity (Wildman–Crippen MR) is 146 cm³/mol. The third-order valence-corrected chi connectivity index (χ3v) is 8.34. The number of aliphatic hydroxyl groups excluding tert-OH is 3. The number of aliphatic hydroxyl groups is 3. The summed E-state index contributed by atoms with van der Waals surface area (Å²) in [5.74, 6) is -1.38. The molecule has 218 valence electrons. The molecular formula is C31H28O11. The van der Waals surface area contributed by atoms with Gasteiger partial charge in [-0.05, 0) is 35.4 Å². The fourth-order valence-corrected chi connectivity index (χ4v) is 6.28. The number of hydrogen-bond acceptors (Lipinski definition) is 10. The number of hydrogen-bond donors (Lipinski definition) is 4. The monoisotopic (exact) mass is 576 g/mol. The van der Waals surface area contributed by atoms with Crippen LogP contribution in [0.5, 0.6) is 28.7 Å². The molecular weight excluding hydrogens is 548 g/mol. The lowest BCUT2D eigenvalue weighted by atomic mass is 9.82. The normalized spacial score (nSPS) is 30.1. The highest BCUT2D eigenvalue weighted by molar-refractivity contribution is 5.82. The van der Waals surface area contributed by atoms with Gasteiger partial charge >= 0.3 is 5.97 Å². The van der Waals surface area contributed by atoms with Crippen LogP contribution in [0, 0.1) is 0 Å². The Morgan fingerprint density at radius 1 is 1.00 bits per heavy atom. The predicted octanol–water partition coefficient (Wildman–Crippen LogP) is 2.65. The molecule has 0 aromatic heterocycles. The molecule has 4 aliphatic heterocycles. The van der Waals surface area contributed by atoms with Crippen molar-refractivity contribution < 1.29 is 53.6 Å². The van der Waals surface area contributed by atoms with E-state index in [0.29, 0.717) is 28.6 Å². The van der Waals surface area contributed by atoms with Gasteiger partial charge in [-0.3, -0.25) is 0 Å². The zero-order valence-corrected chi connectivity index (χ0v) is 22.6. The molecule has 42 heavy (non-hydrogen) atoms. The van der Waals surface area contributed by atoms with Crippen LogP contribution in [0.3, 0.4) is 0 Å². The molecule has 1 spiro atoms. The van der Waals surface area contributed by atoms with Crippen molar-refractivity contribution in [2.45, 2.75) is 42.2 Å². The minimum absolute atomic E-state index is 0.149. The van der Waals surface area contributed by atoms with E-state index in [1.54, 1.807) is 26.4 Å². The van der Waals surface area contributed by atoms with E-state index in [1.807, 2.05) is 42.5 Å². The zero-order valence-electron chi connectivity index (χ0n) is 22.6. The molecule has 3 aromatic carbocycles. The maximum absolute atomic E-state index is 11.8. The van der Waals surface area contributed by atoms with Crippen molar-refractivity contribution in [1.29, 1.82) is 0 Å². The number of benzene rings is 3. The number of carboxylic acids is 1. The topological polar surface area (TPSA) is 153 Å². The number of rotatable bonds is 4. The zero-order chi connectivity index (χ0) is 29.3. The van der Waals surface area contributed by atoms with Crippen molar-refractivity contribution in [3.8, 4) is 39.9 Å². The highest BCUT2D eigenvalue weighted by Crippen LogP contribution is 2.60. The van der Waals surface area contributed by atoms with E-state index in [-0.39, 0.29) is 18.3 Å². The van der Waals surface area contributed by atoms with Crippen LogP contribution >= 0.6 is 0 Å². The molecule has 7 atom stereocenters. The first-order chi connectivity index (χ1) is 20.3. The second-order valence-corrected chi connectivity index (χ2v) is 10.6. The summed E-state index contributed by atoms with van der Waals surface area (Å²) in [4.78, 5) is 11.8. The third kappa shape index (κ3) is 3.71. The summed E-state index contributed by atoms with van der Waals surface area (Å²) in [7, 11) is 3.12. The van der Waals surface area contributed by atoms with Gasteiger partial charge in [0.2, 0.25) is 5.75 Å². The van der Waals surface area contributed by atoms with Crippen LogP contribution in [0.4, 0.5) is 0 Å². The number of carboxylic acid groups (broad SMARTS) is 1. The molecule has 0 radical (unpaired) electrons. The molecule has 0 saturated carbocycles. The summed E-state index contributed by atoms with van der Waals surface area (Å²) in [5.41, 5.74) is 3.80. The number of aliphatic carboxylic acids is 1. The van der Waals surface area contributed by atoms with Gasteiger partial charge in [0.25, 0.3) is 5.79 Å². The van der Waals surface area contributed by atoms with Crippen molar-refractivity contribution >= 4 is 12.0 Å². The van der Waals surface area contributed by atoms with E-state index in [1.165, 1.54) is 6.08 Å². The standard InChI is InChI=1S/C31H28O11/c1-37-19-9-8-15-18-13-39-24-16-10-11-31(29(34)23(33)22(32)28(42-31)30(35)36)41-20(16)12-17(14-6-4-3-5-7-14)21(24)25(18)40-26(15)27(19)38-2/h3-12,18,22-23,25,28-29,32-34H,13H2,1-2H3,(H,35,36). The van der Waals surface area contributed by atoms with Crippen LogP contribution in [0.25, 0.3) is 17.2 Å². The molecule has 1 fully saturated rings. The second kappa shape index (κ2) is 9.63. The lowest BCUT2D eigenvalue weighted by molar-refractivity contribution is -0.309. The van der Waals surface area contributed by atoms with Gasteiger partial charge in [-0.1, -0.05) is 36.4 Å². The Balaban J connectivity index is 1.38. The van der Waals surface area contributed by atoms with Crippen LogP contribution in [0.1, 0.15) is 28.7 Å². The average molecular weight is 577 g/mol. The van der Waals surface area contributed by atoms with Crippen LogP contribution in [0.2, 0.25) is 0 Å². The van der Waals surface area contributed by atoms with Gasteiger partial charge in [0, 0.05) is 11.1 Å². The fraction of sp³-hybridized carbons (Fsp3) is 0.323. The van der Waals surface area contributed by atoms with Gasteiger partial charge in [-0.15, -0.1) is 0 Å². The molecule has 4 aliphatic rings. The highest BCUT2D eigenvalue weighted by atomic mass is 16.7. The van der Waals surface area contributed by atoms with Crippen molar-refractivity contribution in [2.75, 3.05) is 20.8 Å². The van der Waals surface area contributed by atoms with Crippen molar-refractivity contribution in [1.82, 2.24) is 0 Å². The maximum Gasteiger partial charge on any atom is 0.335 e. The summed E-state index contributed by atoms with van der Waals surface area (Å²) in [6.45, 7) is 0.287. The van der Waals surface area contributed by atoms with E-state index in [9.17, 15) is 25.2 Å². The number of carbonyl (C=O) groups is 1. The molecule has 4 N–H and O–H groups in total. The molecule has 11 nitrogen and oxygen atoms in total. The van der Waals surface area contributed by atoms with Gasteiger partial charge in [0.15, 0.2) is 23.7 Å². The smallest absolute Gasteiger partial charge is 0.335 e. The fourth-order valence-electron chi connectivity index (χ4n) is 6.28. The molecule has 0 aliphatic carbocycles. The Morgan fingerprint density at radius 3 is 2.50 bits per heavy atom. The van der Waals surface area contributed by atoms with Crippen molar-refractivity contribution in [3.05, 3.63) is 71.3 Å². The van der Waals surface area contributed by atoms with Crippen LogP contribution in [-0.2, 0) is 9.53 Å². The van der Waals surface area contributed by atoms with Crippen LogP contribution < -0.4 is 23.7 Å². The molecule has 7 rings (SSSR count). The summed E-state index contributed by atoms with van der Waals surface area (Å²) < 4.78 is 36.0. The van der Waals surface area contributed by atoms with Gasteiger partial charge in [0.1, 0.15) is 29.8 Å². The molecule has 7 unspecified atom stereocenters. The molecule has 0 bridgehead atoms. The van der Waals surface area contributed by atoms with E-state index in [2.05, 4.69) is 0 Å². The molecule has 1 saturated heterocycles. The second-order valence-electron chi connectivity index (χ2n) is 10.6. The Morgan fingerprint density at radius 2 is 1.79 bits per heavy atom. The van der Waals surface area contributed by atoms with Crippen molar-refractivity contribution in [3.63, 3.8) is 0 Å². The molecule has 3 aromatic rings. The largest absolute Gasteiger partial charge is 0.493 e. The van der Waals surface area contributed by atoms with E-state index in [4.69, 9.17) is 28.4 Å². The van der Waals surface area contributed by atoms with Gasteiger partial charge in [-0.25, -0.2) is 4.79 Å². The Labute approximate surface area is 240 Å². The summed E-state index contributed by atoms with van der Waals surface area (Å²) in [6.07, 6.45) is -4.83. The number of ether oxygens (including phenoxy) is 6. The Hall–Kier alpha value is -4.29. The van der Waals surface area contributed by atoms with Gasteiger partial charge in [0.05, 0.1) is 32.3 Å². The third-order valence-electron chi connectivity index (χ3n) is 8.34. The SMILES string of the molecule is COc1ccc2c(c1OC)OC1c3c(-c4ccccc4)cc4c(c3OCC21)C=CC1(O4)OC(C(=O)O)C(O)C(O)C1O. The average Bonchev–Trinajstić information content (AvgIpc) is 3.40. The lowest BCUT2D eigenvalue weighted by Crippen LogP contribution is -2.67. The van der Waals surface area contributed by atoms with E-state index in [0.717, 1.165) is 22.3 Å². The summed E-state index contributed by atoms with van der Waals surface area (Å²) >= 11 is 0. The van der Waals surface area contributed by atoms with Gasteiger partial charge in [-0.2, -0.15) is 0 Å². The Kier molecular flexibility index (Phi) is 6.10. The van der Waals surface area contributed by atoms with E-state index < -0.39 is 42.3 Å². The number of methoxy groups -OCH3 is 2. The van der Waals surface area contributed by atoms with Crippen LogP contribution in [0.15, 0.2) is 54.6 Å². The Bertz CT molecular complexity index is 1600. The maximum atomic E-state index is 11.8. The van der Waals surface area contributed by atoms with E-state index >= 15 is 0 Å². The van der Waals surface area contributed by atoms with Gasteiger partial charge < -0.3 is 48.8 Å². The highest BCUT2D eigenvalue weighted by Gasteiger charge is 2.58. The minimum atomic E-state index is -2.07. The van der Waals surface area contributed by atoms with Crippen LogP contribution in [-0.4, -0.2) is 77.4 Å². The summed E-state index contributed by atoms with van der Waals surface area (Å²) in [5, 5.41) is 41.2.